The van der Waals surface area contributed by atoms with Crippen LogP contribution in [0.4, 0.5) is 14.4 Å². The first kappa shape index (κ1) is 19.9. The number of carbonyl (C=O) groups excluding carboxylic acids is 3. The summed E-state index contributed by atoms with van der Waals surface area (Å²) in [5.74, 6) is 0. The fourth-order valence-electron chi connectivity index (χ4n) is 2.72. The predicted octanol–water partition coefficient (Wildman–Crippen LogP) is 0.739. The first-order valence-corrected chi connectivity index (χ1v) is 8.42. The summed E-state index contributed by atoms with van der Waals surface area (Å²) in [5, 5.41) is 5.68. The molecule has 0 saturated carbocycles. The summed E-state index contributed by atoms with van der Waals surface area (Å²) in [6.45, 7) is 9.82. The minimum Gasteiger partial charge on any atom is -0.325 e. The van der Waals surface area contributed by atoms with Crippen molar-refractivity contribution in [1.29, 1.82) is 0 Å². The van der Waals surface area contributed by atoms with Crippen LogP contribution in [0.2, 0.25) is 0 Å². The summed E-state index contributed by atoms with van der Waals surface area (Å²) >= 11 is 0. The van der Waals surface area contributed by atoms with Gasteiger partial charge < -0.3 is 30.2 Å². The third-order valence-electron chi connectivity index (χ3n) is 4.38. The molecule has 2 atom stereocenters. The lowest BCUT2D eigenvalue weighted by Crippen LogP contribution is -2.60. The fraction of sp³-hybridized carbons (Fsp3) is 0.800. The van der Waals surface area contributed by atoms with Crippen LogP contribution in [0.5, 0.6) is 0 Å². The summed E-state index contributed by atoms with van der Waals surface area (Å²) in [5.41, 5.74) is 0. The van der Waals surface area contributed by atoms with Gasteiger partial charge in [-0.05, 0) is 27.7 Å². The van der Waals surface area contributed by atoms with Crippen LogP contribution in [0, 0.1) is 0 Å². The zero-order valence-corrected chi connectivity index (χ0v) is 15.5. The number of rotatable bonds is 6. The molecule has 9 heteroatoms. The van der Waals surface area contributed by atoms with Crippen molar-refractivity contribution in [2.75, 3.05) is 40.3 Å². The van der Waals surface area contributed by atoms with Gasteiger partial charge in [0.25, 0.3) is 0 Å². The molecule has 9 nitrogen and oxygen atoms in total. The SMILES string of the molecule is CCN(CC)C(=O)N[C@H]1[C@H](NC(=O)N(CC)CC)N(C)C(=O)N1C. The van der Waals surface area contributed by atoms with E-state index in [9.17, 15) is 14.4 Å². The number of likely N-dealkylation sites (N-methyl/N-ethyl adjacent to an activating group) is 2. The number of amides is 6. The Balaban J connectivity index is 2.91. The molecule has 0 aromatic rings. The second-order valence-electron chi connectivity index (χ2n) is 5.64. The van der Waals surface area contributed by atoms with E-state index in [0.717, 1.165) is 0 Å². The highest BCUT2D eigenvalue weighted by Crippen LogP contribution is 2.17. The summed E-state index contributed by atoms with van der Waals surface area (Å²) < 4.78 is 0. The second-order valence-corrected chi connectivity index (χ2v) is 5.64. The van der Waals surface area contributed by atoms with Gasteiger partial charge in [-0.3, -0.25) is 0 Å². The van der Waals surface area contributed by atoms with Crippen LogP contribution >= 0.6 is 0 Å². The Kier molecular flexibility index (Phi) is 7.12. The van der Waals surface area contributed by atoms with Gasteiger partial charge in [0, 0.05) is 40.3 Å². The highest BCUT2D eigenvalue weighted by Gasteiger charge is 2.44. The van der Waals surface area contributed by atoms with E-state index < -0.39 is 12.3 Å². The van der Waals surface area contributed by atoms with E-state index in [2.05, 4.69) is 10.6 Å². The van der Waals surface area contributed by atoms with Crippen molar-refractivity contribution >= 4 is 18.1 Å². The van der Waals surface area contributed by atoms with Crippen molar-refractivity contribution in [1.82, 2.24) is 30.2 Å². The highest BCUT2D eigenvalue weighted by atomic mass is 16.2. The third kappa shape index (κ3) is 4.01. The summed E-state index contributed by atoms with van der Waals surface area (Å²) in [6.07, 6.45) is -1.26. The Morgan fingerprint density at radius 2 is 1.12 bits per heavy atom. The number of hydrogen-bond donors (Lipinski definition) is 2. The first-order chi connectivity index (χ1) is 11.3. The van der Waals surface area contributed by atoms with E-state index in [-0.39, 0.29) is 18.1 Å². The summed E-state index contributed by atoms with van der Waals surface area (Å²) in [7, 11) is 3.21. The molecule has 6 amide bonds. The minimum absolute atomic E-state index is 0.260. The van der Waals surface area contributed by atoms with Crippen molar-refractivity contribution in [2.45, 2.75) is 40.0 Å². The molecule has 24 heavy (non-hydrogen) atoms. The van der Waals surface area contributed by atoms with Gasteiger partial charge in [0.2, 0.25) is 0 Å². The molecular formula is C15H30N6O3. The summed E-state index contributed by atoms with van der Waals surface area (Å²) in [4.78, 5) is 43.0. The number of carbonyl (C=O) groups is 3. The Morgan fingerprint density at radius 1 is 0.833 bits per heavy atom. The first-order valence-electron chi connectivity index (χ1n) is 8.42. The smallest absolute Gasteiger partial charge is 0.323 e. The zero-order valence-electron chi connectivity index (χ0n) is 15.5. The fourth-order valence-corrected chi connectivity index (χ4v) is 2.72. The van der Waals surface area contributed by atoms with Gasteiger partial charge in [0.15, 0.2) is 0 Å². The van der Waals surface area contributed by atoms with Crippen molar-refractivity contribution in [3.8, 4) is 0 Å². The molecular weight excluding hydrogens is 312 g/mol. The van der Waals surface area contributed by atoms with E-state index >= 15 is 0 Å². The molecule has 0 spiro atoms. The molecule has 0 aromatic carbocycles. The number of nitrogens with one attached hydrogen (secondary N) is 2. The normalized spacial score (nSPS) is 20.2. The van der Waals surface area contributed by atoms with Crippen molar-refractivity contribution < 1.29 is 14.4 Å². The van der Waals surface area contributed by atoms with Crippen LogP contribution in [-0.4, -0.2) is 90.3 Å². The van der Waals surface area contributed by atoms with Crippen LogP contribution in [0.25, 0.3) is 0 Å². The third-order valence-corrected chi connectivity index (χ3v) is 4.38. The van der Waals surface area contributed by atoms with Crippen molar-refractivity contribution in [2.24, 2.45) is 0 Å². The molecule has 1 fully saturated rings. The molecule has 138 valence electrons. The predicted molar refractivity (Wildman–Crippen MR) is 91.4 cm³/mol. The Labute approximate surface area is 143 Å². The average molecular weight is 342 g/mol. The molecule has 0 unspecified atom stereocenters. The van der Waals surface area contributed by atoms with Crippen molar-refractivity contribution in [3.63, 3.8) is 0 Å². The molecule has 1 aliphatic heterocycles. The number of urea groups is 3. The highest BCUT2D eigenvalue weighted by molar-refractivity contribution is 5.82. The van der Waals surface area contributed by atoms with Crippen LogP contribution in [0.15, 0.2) is 0 Å². The van der Waals surface area contributed by atoms with Gasteiger partial charge in [0.1, 0.15) is 12.3 Å². The lowest BCUT2D eigenvalue weighted by Gasteiger charge is -2.31. The zero-order chi connectivity index (χ0) is 18.4. The second kappa shape index (κ2) is 8.60. The maximum absolute atomic E-state index is 12.3. The Hall–Kier alpha value is -2.19. The molecule has 1 heterocycles. The monoisotopic (exact) mass is 342 g/mol. The molecule has 2 N–H and O–H groups in total. The van der Waals surface area contributed by atoms with Gasteiger partial charge in [-0.15, -0.1) is 0 Å². The molecule has 0 bridgehead atoms. The van der Waals surface area contributed by atoms with E-state index in [1.165, 1.54) is 9.80 Å². The molecule has 0 aliphatic carbocycles. The molecule has 1 saturated heterocycles. The van der Waals surface area contributed by atoms with Crippen LogP contribution < -0.4 is 10.6 Å². The quantitative estimate of drug-likeness (QED) is 0.746. The van der Waals surface area contributed by atoms with Gasteiger partial charge in [-0.25, -0.2) is 14.4 Å². The number of nitrogens with zero attached hydrogens (tertiary/aromatic N) is 4. The maximum atomic E-state index is 12.3. The van der Waals surface area contributed by atoms with E-state index in [4.69, 9.17) is 0 Å². The largest absolute Gasteiger partial charge is 0.325 e. The Morgan fingerprint density at radius 3 is 1.38 bits per heavy atom. The van der Waals surface area contributed by atoms with E-state index in [0.29, 0.717) is 26.2 Å². The lowest BCUT2D eigenvalue weighted by atomic mass is 10.3. The Bertz CT molecular complexity index is 424. The maximum Gasteiger partial charge on any atom is 0.323 e. The van der Waals surface area contributed by atoms with Gasteiger partial charge in [-0.2, -0.15) is 0 Å². The number of hydrogen-bond acceptors (Lipinski definition) is 3. The molecule has 0 aromatic heterocycles. The van der Waals surface area contributed by atoms with Crippen molar-refractivity contribution in [3.05, 3.63) is 0 Å². The average Bonchev–Trinajstić information content (AvgIpc) is 2.75. The minimum atomic E-state index is -0.630. The molecule has 0 radical (unpaired) electrons. The van der Waals surface area contributed by atoms with Gasteiger partial charge >= 0.3 is 18.1 Å². The topological polar surface area (TPSA) is 88.2 Å². The van der Waals surface area contributed by atoms with Gasteiger partial charge in [-0.1, -0.05) is 0 Å². The van der Waals surface area contributed by atoms with Crippen LogP contribution in [0.1, 0.15) is 27.7 Å². The van der Waals surface area contributed by atoms with Crippen LogP contribution in [0.3, 0.4) is 0 Å². The van der Waals surface area contributed by atoms with E-state index in [1.54, 1.807) is 23.9 Å². The standard InChI is InChI=1S/C15H30N6O3/c1-7-20(8-2)13(22)16-11-12(19(6)15(24)18(11)5)17-14(23)21(9-3)10-4/h11-12H,7-10H2,1-6H3,(H,16,22)(H,17,23)/t11-,12-/m1/s1. The van der Waals surface area contributed by atoms with E-state index in [1.807, 2.05) is 27.7 Å². The van der Waals surface area contributed by atoms with Gasteiger partial charge in [0.05, 0.1) is 0 Å². The molecule has 1 aliphatic rings. The molecule has 1 rings (SSSR count). The summed E-state index contributed by atoms with van der Waals surface area (Å²) in [6, 6.07) is -0.784. The van der Waals surface area contributed by atoms with Crippen LogP contribution in [-0.2, 0) is 0 Å². The lowest BCUT2D eigenvalue weighted by molar-refractivity contribution is 0.162.